The predicted molar refractivity (Wildman–Crippen MR) is 70.2 cm³/mol. The van der Waals surface area contributed by atoms with Crippen LogP contribution in [0.2, 0.25) is 0 Å². The standard InChI is InChI=1S/C11H12BrN3S/c1-7-3-2-5-14-9(7)10(15-13)11-8(12)4-6-16-11/h2-6,10,15H,13H2,1H3. The molecular formula is C11H12BrN3S. The van der Waals surface area contributed by atoms with E-state index in [9.17, 15) is 0 Å². The lowest BCUT2D eigenvalue weighted by Crippen LogP contribution is -2.29. The maximum Gasteiger partial charge on any atom is 0.0987 e. The monoisotopic (exact) mass is 297 g/mol. The van der Waals surface area contributed by atoms with Crippen molar-refractivity contribution < 1.29 is 0 Å². The molecule has 2 aromatic rings. The Hall–Kier alpha value is -0.750. The molecule has 3 nitrogen and oxygen atoms in total. The molecule has 0 amide bonds. The largest absolute Gasteiger partial charge is 0.270 e. The number of nitrogens with two attached hydrogens (primary N) is 1. The van der Waals surface area contributed by atoms with Crippen molar-refractivity contribution in [1.29, 1.82) is 0 Å². The minimum atomic E-state index is -0.0597. The molecule has 0 aromatic carbocycles. The maximum absolute atomic E-state index is 5.63. The Balaban J connectivity index is 2.45. The van der Waals surface area contributed by atoms with Gasteiger partial charge in [0, 0.05) is 15.5 Å². The Labute approximate surface area is 107 Å². The van der Waals surface area contributed by atoms with Gasteiger partial charge in [-0.3, -0.25) is 10.8 Å². The molecule has 3 N–H and O–H groups in total. The van der Waals surface area contributed by atoms with Gasteiger partial charge in [0.05, 0.1) is 11.7 Å². The van der Waals surface area contributed by atoms with Crippen LogP contribution in [0.15, 0.2) is 34.2 Å². The summed E-state index contributed by atoms with van der Waals surface area (Å²) in [4.78, 5) is 5.53. The molecule has 1 atom stereocenters. The molecule has 0 bridgehead atoms. The van der Waals surface area contributed by atoms with Crippen molar-refractivity contribution >= 4 is 27.3 Å². The van der Waals surface area contributed by atoms with Gasteiger partial charge < -0.3 is 0 Å². The minimum absolute atomic E-state index is 0.0597. The van der Waals surface area contributed by atoms with Crippen LogP contribution < -0.4 is 11.3 Å². The molecule has 0 fully saturated rings. The summed E-state index contributed by atoms with van der Waals surface area (Å²) in [6, 6.07) is 5.92. The first-order valence-electron chi connectivity index (χ1n) is 4.84. The van der Waals surface area contributed by atoms with Gasteiger partial charge in [-0.25, -0.2) is 5.43 Å². The van der Waals surface area contributed by atoms with E-state index in [4.69, 9.17) is 5.84 Å². The van der Waals surface area contributed by atoms with Crippen LogP contribution in [0.4, 0.5) is 0 Å². The molecule has 0 saturated heterocycles. The van der Waals surface area contributed by atoms with Gasteiger partial charge in [-0.15, -0.1) is 11.3 Å². The summed E-state index contributed by atoms with van der Waals surface area (Å²) < 4.78 is 1.06. The molecule has 84 valence electrons. The van der Waals surface area contributed by atoms with E-state index >= 15 is 0 Å². The van der Waals surface area contributed by atoms with E-state index < -0.39 is 0 Å². The van der Waals surface area contributed by atoms with E-state index in [1.165, 1.54) is 0 Å². The Kier molecular flexibility index (Phi) is 3.70. The number of thiophene rings is 1. The molecule has 5 heteroatoms. The van der Waals surface area contributed by atoms with Gasteiger partial charge in [-0.2, -0.15) is 0 Å². The van der Waals surface area contributed by atoms with E-state index in [0.717, 1.165) is 20.6 Å². The van der Waals surface area contributed by atoms with E-state index in [0.29, 0.717) is 0 Å². The fourth-order valence-electron chi connectivity index (χ4n) is 1.59. The lowest BCUT2D eigenvalue weighted by molar-refractivity contribution is 0.624. The zero-order valence-electron chi connectivity index (χ0n) is 8.77. The van der Waals surface area contributed by atoms with Gasteiger partial charge in [0.2, 0.25) is 0 Å². The molecule has 16 heavy (non-hydrogen) atoms. The SMILES string of the molecule is Cc1cccnc1C(NN)c1sccc1Br. The third-order valence-electron chi connectivity index (χ3n) is 2.40. The molecule has 2 heterocycles. The molecular weight excluding hydrogens is 286 g/mol. The van der Waals surface area contributed by atoms with E-state index in [1.807, 2.05) is 30.5 Å². The second kappa shape index (κ2) is 5.05. The number of hydrazine groups is 1. The highest BCUT2D eigenvalue weighted by Crippen LogP contribution is 2.32. The van der Waals surface area contributed by atoms with Crippen molar-refractivity contribution in [2.45, 2.75) is 13.0 Å². The van der Waals surface area contributed by atoms with Gasteiger partial charge in [0.25, 0.3) is 0 Å². The van der Waals surface area contributed by atoms with Crippen LogP contribution in [0.5, 0.6) is 0 Å². The molecule has 2 rings (SSSR count). The number of pyridine rings is 1. The second-order valence-electron chi connectivity index (χ2n) is 3.44. The van der Waals surface area contributed by atoms with Gasteiger partial charge in [0.15, 0.2) is 0 Å². The molecule has 0 aliphatic rings. The quantitative estimate of drug-likeness (QED) is 0.677. The third-order valence-corrected chi connectivity index (χ3v) is 4.33. The summed E-state index contributed by atoms with van der Waals surface area (Å²) in [6.45, 7) is 2.04. The average Bonchev–Trinajstić information content (AvgIpc) is 2.69. The summed E-state index contributed by atoms with van der Waals surface area (Å²) in [5.74, 6) is 5.63. The highest BCUT2D eigenvalue weighted by molar-refractivity contribution is 9.10. The summed E-state index contributed by atoms with van der Waals surface area (Å²) in [7, 11) is 0. The zero-order valence-corrected chi connectivity index (χ0v) is 11.2. The Bertz CT molecular complexity index is 484. The molecule has 0 saturated carbocycles. The van der Waals surface area contributed by atoms with Crippen LogP contribution in [0.3, 0.4) is 0 Å². The Morgan fingerprint density at radius 3 is 2.88 bits per heavy atom. The molecule has 0 spiro atoms. The zero-order chi connectivity index (χ0) is 11.5. The summed E-state index contributed by atoms with van der Waals surface area (Å²) in [5, 5.41) is 2.03. The Morgan fingerprint density at radius 1 is 1.50 bits per heavy atom. The van der Waals surface area contributed by atoms with Crippen LogP contribution in [0.25, 0.3) is 0 Å². The van der Waals surface area contributed by atoms with Crippen molar-refractivity contribution in [3.63, 3.8) is 0 Å². The molecule has 0 aliphatic heterocycles. The van der Waals surface area contributed by atoms with E-state index in [2.05, 4.69) is 26.3 Å². The van der Waals surface area contributed by atoms with Crippen LogP contribution >= 0.6 is 27.3 Å². The summed E-state index contributed by atoms with van der Waals surface area (Å²) >= 11 is 5.17. The summed E-state index contributed by atoms with van der Waals surface area (Å²) in [6.07, 6.45) is 1.79. The second-order valence-corrected chi connectivity index (χ2v) is 5.24. The number of aromatic nitrogens is 1. The molecule has 0 aliphatic carbocycles. The van der Waals surface area contributed by atoms with Crippen molar-refractivity contribution in [2.75, 3.05) is 0 Å². The first-order valence-corrected chi connectivity index (χ1v) is 6.52. The van der Waals surface area contributed by atoms with Crippen LogP contribution in [0.1, 0.15) is 22.2 Å². The number of nitrogens with zero attached hydrogens (tertiary/aromatic N) is 1. The van der Waals surface area contributed by atoms with Crippen LogP contribution in [0, 0.1) is 6.92 Å². The van der Waals surface area contributed by atoms with Gasteiger partial charge >= 0.3 is 0 Å². The van der Waals surface area contributed by atoms with Gasteiger partial charge in [-0.1, -0.05) is 6.07 Å². The van der Waals surface area contributed by atoms with Crippen molar-refractivity contribution in [3.05, 3.63) is 50.4 Å². The summed E-state index contributed by atoms with van der Waals surface area (Å²) in [5.41, 5.74) is 4.92. The maximum atomic E-state index is 5.63. The van der Waals surface area contributed by atoms with Gasteiger partial charge in [-0.05, 0) is 45.9 Å². The first kappa shape index (κ1) is 11.7. The highest BCUT2D eigenvalue weighted by Gasteiger charge is 2.19. The van der Waals surface area contributed by atoms with Crippen molar-refractivity contribution in [3.8, 4) is 0 Å². The number of nitrogens with one attached hydrogen (secondary N) is 1. The number of halogens is 1. The van der Waals surface area contributed by atoms with Crippen LogP contribution in [-0.2, 0) is 0 Å². The normalized spacial score (nSPS) is 12.7. The van der Waals surface area contributed by atoms with E-state index in [-0.39, 0.29) is 6.04 Å². The lowest BCUT2D eigenvalue weighted by atomic mass is 10.1. The number of hydrogen-bond donors (Lipinski definition) is 2. The number of hydrogen-bond acceptors (Lipinski definition) is 4. The molecule has 2 aromatic heterocycles. The third kappa shape index (κ3) is 2.17. The smallest absolute Gasteiger partial charge is 0.0987 e. The number of rotatable bonds is 3. The fourth-order valence-corrected chi connectivity index (χ4v) is 3.25. The fraction of sp³-hybridized carbons (Fsp3) is 0.182. The van der Waals surface area contributed by atoms with Crippen molar-refractivity contribution in [2.24, 2.45) is 5.84 Å². The minimum Gasteiger partial charge on any atom is -0.270 e. The van der Waals surface area contributed by atoms with Crippen LogP contribution in [-0.4, -0.2) is 4.98 Å². The number of aryl methyl sites for hydroxylation is 1. The highest BCUT2D eigenvalue weighted by atomic mass is 79.9. The van der Waals surface area contributed by atoms with E-state index in [1.54, 1.807) is 17.5 Å². The molecule has 0 radical (unpaired) electrons. The lowest BCUT2D eigenvalue weighted by Gasteiger charge is -2.16. The Morgan fingerprint density at radius 2 is 2.31 bits per heavy atom. The van der Waals surface area contributed by atoms with Crippen molar-refractivity contribution in [1.82, 2.24) is 10.4 Å². The predicted octanol–water partition coefficient (Wildman–Crippen LogP) is 2.77. The molecule has 1 unspecified atom stereocenters. The topological polar surface area (TPSA) is 50.9 Å². The average molecular weight is 298 g/mol. The first-order chi connectivity index (χ1) is 7.74. The van der Waals surface area contributed by atoms with Gasteiger partial charge in [0.1, 0.15) is 0 Å².